The summed E-state index contributed by atoms with van der Waals surface area (Å²) in [6.45, 7) is 6.36. The van der Waals surface area contributed by atoms with Crippen LogP contribution in [0.15, 0.2) is 62.2 Å². The van der Waals surface area contributed by atoms with Crippen molar-refractivity contribution in [2.45, 2.75) is 64.9 Å². The van der Waals surface area contributed by atoms with Gasteiger partial charge in [0.2, 0.25) is 5.91 Å². The van der Waals surface area contributed by atoms with Crippen molar-refractivity contribution in [3.63, 3.8) is 0 Å². The first-order valence-corrected chi connectivity index (χ1v) is 15.4. The molecule has 0 bridgehead atoms. The number of ether oxygens (including phenoxy) is 2. The quantitative estimate of drug-likeness (QED) is 0.278. The van der Waals surface area contributed by atoms with E-state index in [2.05, 4.69) is 41.8 Å². The highest BCUT2D eigenvalue weighted by atomic mass is 79.9. The van der Waals surface area contributed by atoms with Gasteiger partial charge in [-0.05, 0) is 117 Å². The second-order valence-corrected chi connectivity index (χ2v) is 12.9. The third-order valence-corrected chi connectivity index (χ3v) is 8.23. The van der Waals surface area contributed by atoms with E-state index in [-0.39, 0.29) is 24.0 Å². The summed E-state index contributed by atoms with van der Waals surface area (Å²) in [7, 11) is 1.60. The van der Waals surface area contributed by atoms with E-state index in [4.69, 9.17) is 9.47 Å². The SMILES string of the molecule is COc1ccc(C[C@H](CC(=O)C2CCC(CNC(=O)OC(C)(C)C)CC2)C(=O)Nc2ccc(C3=NCN=N3)cc2)cc1Br. The number of nitrogens with zero attached hydrogens (tertiary/aromatic N) is 3. The lowest BCUT2D eigenvalue weighted by Crippen LogP contribution is -2.37. The lowest BCUT2D eigenvalue weighted by molar-refractivity contribution is -0.129. The molecule has 0 aromatic heterocycles. The number of amides is 2. The van der Waals surface area contributed by atoms with E-state index < -0.39 is 17.6 Å². The van der Waals surface area contributed by atoms with Crippen LogP contribution >= 0.6 is 15.9 Å². The largest absolute Gasteiger partial charge is 0.496 e. The van der Waals surface area contributed by atoms with Gasteiger partial charge in [-0.3, -0.25) is 9.59 Å². The van der Waals surface area contributed by atoms with Gasteiger partial charge in [-0.1, -0.05) is 6.07 Å². The molecule has 2 aliphatic rings. The molecular weight excluding hydrogens is 614 g/mol. The number of hydrogen-bond acceptors (Lipinski definition) is 8. The first-order chi connectivity index (χ1) is 20.5. The molecule has 11 heteroatoms. The second kappa shape index (κ2) is 14.7. The second-order valence-electron chi connectivity index (χ2n) is 12.1. The Morgan fingerprint density at radius 1 is 1.05 bits per heavy atom. The maximum Gasteiger partial charge on any atom is 0.407 e. The number of amidine groups is 1. The molecule has 0 saturated heterocycles. The Bertz CT molecular complexity index is 1360. The highest BCUT2D eigenvalue weighted by Crippen LogP contribution is 2.32. The molecule has 1 aliphatic carbocycles. The number of anilines is 1. The van der Waals surface area contributed by atoms with Crippen LogP contribution in [0.1, 0.15) is 64.0 Å². The Kier molecular flexibility index (Phi) is 11.1. The van der Waals surface area contributed by atoms with Gasteiger partial charge >= 0.3 is 6.09 Å². The average molecular weight is 655 g/mol. The standard InChI is InChI=1S/C32H40BrN5O5/c1-32(2,3)43-31(41)34-18-20-5-8-22(9-6-20)27(39)17-24(15-21-7-14-28(42-4)26(33)16-21)30(40)37-25-12-10-23(11-13-25)29-35-19-36-38-29/h7,10-14,16,20,22,24H,5-6,8-9,15,17-19H2,1-4H3,(H,34,41)(H,37,40)/t20?,22?,24-/m1/s1. The topological polar surface area (TPSA) is 131 Å². The van der Waals surface area contributed by atoms with Gasteiger partial charge in [-0.15, -0.1) is 5.11 Å². The van der Waals surface area contributed by atoms with Crippen LogP contribution in [0.3, 0.4) is 0 Å². The zero-order chi connectivity index (χ0) is 31.0. The van der Waals surface area contributed by atoms with E-state index in [1.807, 2.05) is 51.1 Å². The lowest BCUT2D eigenvalue weighted by atomic mass is 9.77. The summed E-state index contributed by atoms with van der Waals surface area (Å²) in [5.74, 6) is 0.815. The van der Waals surface area contributed by atoms with Crippen LogP contribution in [-0.4, -0.2) is 49.5 Å². The number of nitrogens with one attached hydrogen (secondary N) is 2. The maximum atomic E-state index is 13.6. The maximum absolute atomic E-state index is 13.6. The molecule has 2 aromatic carbocycles. The predicted octanol–water partition coefficient (Wildman–Crippen LogP) is 6.72. The number of Topliss-reactive ketones (excluding diaryl/α,β-unsaturated/α-hetero) is 1. The van der Waals surface area contributed by atoms with E-state index in [1.54, 1.807) is 19.2 Å². The molecular formula is C32H40BrN5O5. The van der Waals surface area contributed by atoms with E-state index in [0.717, 1.165) is 41.3 Å². The van der Waals surface area contributed by atoms with Crippen LogP contribution in [0.25, 0.3) is 0 Å². The molecule has 230 valence electrons. The summed E-state index contributed by atoms with van der Waals surface area (Å²) < 4.78 is 11.5. The monoisotopic (exact) mass is 653 g/mol. The molecule has 10 nitrogen and oxygen atoms in total. The molecule has 0 radical (unpaired) electrons. The Morgan fingerprint density at radius 3 is 2.37 bits per heavy atom. The molecule has 0 unspecified atom stereocenters. The minimum atomic E-state index is -0.549. The van der Waals surface area contributed by atoms with Gasteiger partial charge < -0.3 is 20.1 Å². The molecule has 1 atom stereocenters. The fraction of sp³-hybridized carbons (Fsp3) is 0.500. The molecule has 1 heterocycles. The average Bonchev–Trinajstić information content (AvgIpc) is 3.51. The summed E-state index contributed by atoms with van der Waals surface area (Å²) in [5.41, 5.74) is 1.85. The van der Waals surface area contributed by atoms with Gasteiger partial charge in [-0.25, -0.2) is 9.79 Å². The number of methoxy groups -OCH3 is 1. The van der Waals surface area contributed by atoms with Crippen LogP contribution in [-0.2, 0) is 20.7 Å². The first-order valence-electron chi connectivity index (χ1n) is 14.7. The summed E-state index contributed by atoms with van der Waals surface area (Å²) in [5, 5.41) is 13.7. The van der Waals surface area contributed by atoms with E-state index in [1.165, 1.54) is 0 Å². The van der Waals surface area contributed by atoms with Crippen molar-refractivity contribution in [2.24, 2.45) is 33.0 Å². The normalized spacial score (nSPS) is 18.9. The van der Waals surface area contributed by atoms with Crippen LogP contribution in [0, 0.1) is 17.8 Å². The minimum absolute atomic E-state index is 0.101. The van der Waals surface area contributed by atoms with Gasteiger partial charge in [0.1, 0.15) is 17.1 Å². The van der Waals surface area contributed by atoms with Crippen LogP contribution in [0.2, 0.25) is 0 Å². The van der Waals surface area contributed by atoms with Crippen molar-refractivity contribution in [2.75, 3.05) is 25.6 Å². The molecule has 2 N–H and O–H groups in total. The summed E-state index contributed by atoms with van der Waals surface area (Å²) in [4.78, 5) is 43.3. The molecule has 2 aromatic rings. The predicted molar refractivity (Wildman–Crippen MR) is 169 cm³/mol. The Hall–Kier alpha value is -3.60. The van der Waals surface area contributed by atoms with Crippen molar-refractivity contribution in [3.05, 3.63) is 58.1 Å². The first kappa shape index (κ1) is 32.3. The van der Waals surface area contributed by atoms with Crippen LogP contribution < -0.4 is 15.4 Å². The Morgan fingerprint density at radius 2 is 1.77 bits per heavy atom. The molecule has 1 saturated carbocycles. The van der Waals surface area contributed by atoms with Gasteiger partial charge in [-0.2, -0.15) is 5.11 Å². The lowest BCUT2D eigenvalue weighted by Gasteiger charge is -2.29. The van der Waals surface area contributed by atoms with Crippen molar-refractivity contribution in [1.82, 2.24) is 5.32 Å². The van der Waals surface area contributed by atoms with Gasteiger partial charge in [0.05, 0.1) is 11.6 Å². The van der Waals surface area contributed by atoms with Crippen molar-refractivity contribution < 1.29 is 23.9 Å². The van der Waals surface area contributed by atoms with Gasteiger partial charge in [0.25, 0.3) is 0 Å². The Balaban J connectivity index is 1.38. The third kappa shape index (κ3) is 9.71. The highest BCUT2D eigenvalue weighted by Gasteiger charge is 2.31. The number of ketones is 1. The fourth-order valence-electron chi connectivity index (χ4n) is 5.34. The molecule has 2 amide bonds. The molecule has 1 fully saturated rings. The third-order valence-electron chi connectivity index (χ3n) is 7.61. The number of carbonyl (C=O) groups is 3. The number of azo groups is 1. The molecule has 43 heavy (non-hydrogen) atoms. The molecule has 1 aliphatic heterocycles. The van der Waals surface area contributed by atoms with E-state index in [0.29, 0.717) is 42.8 Å². The zero-order valence-corrected chi connectivity index (χ0v) is 26.8. The van der Waals surface area contributed by atoms with Crippen molar-refractivity contribution in [3.8, 4) is 5.75 Å². The number of halogens is 1. The van der Waals surface area contributed by atoms with Crippen LogP contribution in [0.4, 0.5) is 10.5 Å². The minimum Gasteiger partial charge on any atom is -0.496 e. The molecule has 0 spiro atoms. The number of alkyl carbamates (subject to hydrolysis) is 1. The fourth-order valence-corrected chi connectivity index (χ4v) is 5.93. The summed E-state index contributed by atoms with van der Waals surface area (Å²) >= 11 is 3.53. The highest BCUT2D eigenvalue weighted by molar-refractivity contribution is 9.10. The van der Waals surface area contributed by atoms with Crippen LogP contribution in [0.5, 0.6) is 5.75 Å². The van der Waals surface area contributed by atoms with Crippen molar-refractivity contribution >= 4 is 45.2 Å². The van der Waals surface area contributed by atoms with Gasteiger partial charge in [0, 0.05) is 36.1 Å². The Labute approximate surface area is 261 Å². The molecule has 4 rings (SSSR count). The zero-order valence-electron chi connectivity index (χ0n) is 25.2. The number of aliphatic imine (C=N–C) groups is 1. The number of carbonyl (C=O) groups excluding carboxylic acids is 3. The number of benzene rings is 2. The summed E-state index contributed by atoms with van der Waals surface area (Å²) in [6.07, 6.45) is 3.30. The number of hydrogen-bond donors (Lipinski definition) is 2. The summed E-state index contributed by atoms with van der Waals surface area (Å²) in [6, 6.07) is 13.0. The smallest absolute Gasteiger partial charge is 0.407 e. The number of rotatable bonds is 11. The van der Waals surface area contributed by atoms with Gasteiger partial charge in [0.15, 0.2) is 12.5 Å². The van der Waals surface area contributed by atoms with Crippen molar-refractivity contribution in [1.29, 1.82) is 0 Å². The van der Waals surface area contributed by atoms with E-state index >= 15 is 0 Å². The van der Waals surface area contributed by atoms with E-state index in [9.17, 15) is 14.4 Å².